The van der Waals surface area contributed by atoms with E-state index in [0.29, 0.717) is 64.7 Å². The summed E-state index contributed by atoms with van der Waals surface area (Å²) in [5, 5.41) is 13.1. The number of nitrogens with zero attached hydrogens (tertiary/aromatic N) is 1. The average molecular weight is 580 g/mol. The Morgan fingerprint density at radius 3 is 2.58 bits per heavy atom. The second-order valence-electron chi connectivity index (χ2n) is 10.1. The van der Waals surface area contributed by atoms with Gasteiger partial charge in [0.2, 0.25) is 5.90 Å². The molecule has 1 saturated carbocycles. The number of carbonyl (C=O) groups excluding carboxylic acids is 1. The molecule has 0 aromatic heterocycles. The van der Waals surface area contributed by atoms with Gasteiger partial charge in [0.1, 0.15) is 5.75 Å². The topological polar surface area (TPSA) is 80.2 Å². The fourth-order valence-corrected chi connectivity index (χ4v) is 5.16. The molecule has 6 nitrogen and oxygen atoms in total. The fourth-order valence-electron chi connectivity index (χ4n) is 4.66. The lowest BCUT2D eigenvalue weighted by atomic mass is 9.84. The summed E-state index contributed by atoms with van der Waals surface area (Å²) in [6, 6.07) is 22.5. The molecule has 2 aliphatic rings. The molecule has 0 spiro atoms. The van der Waals surface area contributed by atoms with Crippen LogP contribution in [0.2, 0.25) is 10.0 Å². The highest BCUT2D eigenvalue weighted by atomic mass is 35.5. The molecule has 5 rings (SSSR count). The summed E-state index contributed by atoms with van der Waals surface area (Å²) in [4.78, 5) is 19.1. The maximum Gasteiger partial charge on any atom is 0.252 e. The molecule has 3 aromatic rings. The van der Waals surface area contributed by atoms with Gasteiger partial charge in [-0.25, -0.2) is 4.99 Å². The number of aliphatic hydroxyl groups is 1. The molecule has 40 heavy (non-hydrogen) atoms. The molecule has 0 saturated heterocycles. The number of benzene rings is 3. The molecule has 2 atom stereocenters. The third-order valence-corrected chi connectivity index (χ3v) is 7.62. The fraction of sp³-hybridized carbons (Fsp3) is 0.312. The third-order valence-electron chi connectivity index (χ3n) is 7.06. The Bertz CT molecular complexity index is 1370. The summed E-state index contributed by atoms with van der Waals surface area (Å²) in [6.45, 7) is 1.10. The van der Waals surface area contributed by atoms with E-state index in [-0.39, 0.29) is 12.5 Å². The Morgan fingerprint density at radius 2 is 1.88 bits per heavy atom. The maximum absolute atomic E-state index is 14.0. The van der Waals surface area contributed by atoms with Crippen LogP contribution in [0.5, 0.6) is 5.75 Å². The third kappa shape index (κ3) is 6.69. The Hall–Kier alpha value is -3.32. The number of aliphatic hydroxyl groups excluding tert-OH is 1. The van der Waals surface area contributed by atoms with Crippen molar-refractivity contribution in [2.45, 2.75) is 37.3 Å². The summed E-state index contributed by atoms with van der Waals surface area (Å²) in [5.74, 6) is 1.33. The number of halogens is 2. The summed E-state index contributed by atoms with van der Waals surface area (Å²) >= 11 is 12.9. The summed E-state index contributed by atoms with van der Waals surface area (Å²) in [7, 11) is 0. The Morgan fingerprint density at radius 1 is 1.10 bits per heavy atom. The van der Waals surface area contributed by atoms with E-state index in [1.807, 2.05) is 66.7 Å². The molecule has 1 fully saturated rings. The molecule has 8 heteroatoms. The van der Waals surface area contributed by atoms with Crippen molar-refractivity contribution in [1.82, 2.24) is 5.32 Å². The van der Waals surface area contributed by atoms with E-state index in [4.69, 9.17) is 42.8 Å². The molecular weight excluding hydrogens is 547 g/mol. The van der Waals surface area contributed by atoms with Gasteiger partial charge in [0, 0.05) is 47.2 Å². The molecule has 1 aliphatic heterocycles. The van der Waals surface area contributed by atoms with Gasteiger partial charge in [-0.15, -0.1) is 0 Å². The molecule has 3 aromatic carbocycles. The predicted octanol–water partition coefficient (Wildman–Crippen LogP) is 6.64. The van der Waals surface area contributed by atoms with Crippen LogP contribution in [0.1, 0.15) is 48.5 Å². The molecule has 0 radical (unpaired) electrons. The van der Waals surface area contributed by atoms with Gasteiger partial charge in [-0.3, -0.25) is 4.79 Å². The SMILES string of the molecule is O=C(NCC1CC1)[C@]1(C/C=C/c2ccccc2)N=C(c2ccc(OCCCO)cc2)O[C@@H]1c1ccc(Cl)cc1Cl. The monoisotopic (exact) mass is 578 g/mol. The van der Waals surface area contributed by atoms with Gasteiger partial charge < -0.3 is 19.9 Å². The lowest BCUT2D eigenvalue weighted by molar-refractivity contribution is -0.128. The van der Waals surface area contributed by atoms with Crippen molar-refractivity contribution >= 4 is 41.1 Å². The second kappa shape index (κ2) is 12.9. The van der Waals surface area contributed by atoms with Crippen molar-refractivity contribution < 1.29 is 19.4 Å². The first kappa shape index (κ1) is 28.2. The average Bonchev–Trinajstić information content (AvgIpc) is 3.72. The van der Waals surface area contributed by atoms with Gasteiger partial charge >= 0.3 is 0 Å². The molecule has 2 N–H and O–H groups in total. The van der Waals surface area contributed by atoms with Crippen LogP contribution in [0, 0.1) is 5.92 Å². The summed E-state index contributed by atoms with van der Waals surface area (Å²) in [6.07, 6.45) is 6.27. The molecule has 1 amide bonds. The van der Waals surface area contributed by atoms with E-state index in [1.165, 1.54) is 0 Å². The highest BCUT2D eigenvalue weighted by Gasteiger charge is 2.53. The van der Waals surface area contributed by atoms with Crippen molar-refractivity contribution in [3.05, 3.63) is 106 Å². The number of amides is 1. The van der Waals surface area contributed by atoms with Gasteiger partial charge in [0.05, 0.1) is 6.61 Å². The number of ether oxygens (including phenoxy) is 2. The first-order valence-electron chi connectivity index (χ1n) is 13.5. The Kier molecular flexibility index (Phi) is 9.10. The molecule has 208 valence electrons. The standard InChI is InChI=1S/C32H32Cl2N2O4/c33-25-13-16-27(28(34)20-25)29-32(31(38)35-21-23-9-10-23,17-4-8-22-6-2-1-3-7-22)36-30(40-29)24-11-14-26(15-12-24)39-19-5-18-37/h1-4,6-8,11-16,20,23,29,37H,5,9-10,17-19,21H2,(H,35,38)/b8-4+/t29-,32-/m1/s1. The minimum atomic E-state index is -1.29. The first-order chi connectivity index (χ1) is 19.5. The van der Waals surface area contributed by atoms with Crippen LogP contribution in [0.15, 0.2) is 83.9 Å². The van der Waals surface area contributed by atoms with Crippen molar-refractivity contribution in [3.8, 4) is 5.75 Å². The lowest BCUT2D eigenvalue weighted by Crippen LogP contribution is -2.48. The van der Waals surface area contributed by atoms with Gasteiger partial charge in [-0.2, -0.15) is 0 Å². The van der Waals surface area contributed by atoms with Crippen molar-refractivity contribution in [2.75, 3.05) is 19.8 Å². The van der Waals surface area contributed by atoms with E-state index in [9.17, 15) is 4.79 Å². The number of hydrogen-bond donors (Lipinski definition) is 2. The molecular formula is C32H32Cl2N2O4. The van der Waals surface area contributed by atoms with Gasteiger partial charge in [-0.05, 0) is 60.7 Å². The highest BCUT2D eigenvalue weighted by molar-refractivity contribution is 6.35. The zero-order valence-corrected chi connectivity index (χ0v) is 23.6. The van der Waals surface area contributed by atoms with Crippen LogP contribution < -0.4 is 10.1 Å². The molecule has 1 aliphatic carbocycles. The number of aliphatic imine (C=N–C) groups is 1. The Balaban J connectivity index is 1.52. The van der Waals surface area contributed by atoms with E-state index in [2.05, 4.69) is 5.32 Å². The first-order valence-corrected chi connectivity index (χ1v) is 14.3. The van der Waals surface area contributed by atoms with E-state index in [1.54, 1.807) is 18.2 Å². The summed E-state index contributed by atoms with van der Waals surface area (Å²) < 4.78 is 12.2. The zero-order chi connectivity index (χ0) is 28.0. The second-order valence-corrected chi connectivity index (χ2v) is 11.0. The van der Waals surface area contributed by atoms with Crippen LogP contribution in [0.25, 0.3) is 6.08 Å². The highest BCUT2D eigenvalue weighted by Crippen LogP contribution is 2.45. The number of hydrogen-bond acceptors (Lipinski definition) is 5. The largest absolute Gasteiger partial charge is 0.494 e. The molecule has 0 bridgehead atoms. The van der Waals surface area contributed by atoms with Gasteiger partial charge in [-0.1, -0.05) is 71.8 Å². The number of rotatable bonds is 12. The van der Waals surface area contributed by atoms with Crippen molar-refractivity contribution in [2.24, 2.45) is 10.9 Å². The van der Waals surface area contributed by atoms with Crippen LogP contribution in [-0.4, -0.2) is 42.2 Å². The lowest BCUT2D eigenvalue weighted by Gasteiger charge is -2.30. The van der Waals surface area contributed by atoms with Crippen molar-refractivity contribution in [3.63, 3.8) is 0 Å². The van der Waals surface area contributed by atoms with E-state index in [0.717, 1.165) is 18.4 Å². The zero-order valence-electron chi connectivity index (χ0n) is 22.1. The predicted molar refractivity (Wildman–Crippen MR) is 159 cm³/mol. The number of nitrogens with one attached hydrogen (secondary N) is 1. The maximum atomic E-state index is 14.0. The minimum Gasteiger partial charge on any atom is -0.494 e. The van der Waals surface area contributed by atoms with Gasteiger partial charge in [0.15, 0.2) is 11.6 Å². The molecule has 1 heterocycles. The Labute approximate surface area is 244 Å². The van der Waals surface area contributed by atoms with Crippen LogP contribution in [0.3, 0.4) is 0 Å². The molecule has 0 unspecified atom stereocenters. The van der Waals surface area contributed by atoms with E-state index < -0.39 is 11.6 Å². The normalized spacial score (nSPS) is 20.3. The van der Waals surface area contributed by atoms with Crippen LogP contribution in [0.4, 0.5) is 0 Å². The van der Waals surface area contributed by atoms with Crippen LogP contribution in [-0.2, 0) is 9.53 Å². The quantitative estimate of drug-likeness (QED) is 0.236. The van der Waals surface area contributed by atoms with Crippen molar-refractivity contribution in [1.29, 1.82) is 0 Å². The van der Waals surface area contributed by atoms with Gasteiger partial charge in [0.25, 0.3) is 5.91 Å². The smallest absolute Gasteiger partial charge is 0.252 e. The van der Waals surface area contributed by atoms with E-state index >= 15 is 0 Å². The number of carbonyl (C=O) groups is 1. The van der Waals surface area contributed by atoms with Crippen LogP contribution >= 0.6 is 23.2 Å². The summed E-state index contributed by atoms with van der Waals surface area (Å²) in [5.41, 5.74) is 1.09. The minimum absolute atomic E-state index is 0.0704.